The standard InChI is InChI=1S/C21H21ClN2O3S2/c1-29(26,27)23-14-13-18-11-12-19(28-18)21(25)24-20(15-5-3-2-4-6-15)16-7-9-17(22)10-8-16/h2-12,20,23H,13-14H2,1H3,(H,24,25)/t20-/m1/s1. The maximum atomic E-state index is 12.9. The monoisotopic (exact) mass is 448 g/mol. The van der Waals surface area contributed by atoms with Crippen LogP contribution in [0, 0.1) is 0 Å². The normalized spacial score (nSPS) is 12.5. The molecule has 0 unspecified atom stereocenters. The SMILES string of the molecule is CS(=O)(=O)NCCc1ccc(C(=O)N[C@H](c2ccccc2)c2ccc(Cl)cc2)s1. The Morgan fingerprint density at radius 1 is 1.00 bits per heavy atom. The van der Waals surface area contributed by atoms with E-state index in [9.17, 15) is 13.2 Å². The molecule has 2 N–H and O–H groups in total. The van der Waals surface area contributed by atoms with Crippen molar-refractivity contribution in [2.24, 2.45) is 0 Å². The Labute approximate surface area is 179 Å². The number of benzene rings is 2. The summed E-state index contributed by atoms with van der Waals surface area (Å²) in [5.74, 6) is -0.180. The minimum atomic E-state index is -3.22. The Kier molecular flexibility index (Phi) is 7.08. The van der Waals surface area contributed by atoms with Gasteiger partial charge in [-0.25, -0.2) is 13.1 Å². The van der Waals surface area contributed by atoms with Gasteiger partial charge in [0.1, 0.15) is 0 Å². The minimum absolute atomic E-state index is 0.180. The van der Waals surface area contributed by atoms with Crippen LogP contribution in [0.2, 0.25) is 5.02 Å². The topological polar surface area (TPSA) is 75.3 Å². The molecule has 3 aromatic rings. The first-order valence-electron chi connectivity index (χ1n) is 8.96. The zero-order valence-electron chi connectivity index (χ0n) is 15.8. The summed E-state index contributed by atoms with van der Waals surface area (Å²) in [6.45, 7) is 0.303. The summed E-state index contributed by atoms with van der Waals surface area (Å²) in [5, 5.41) is 3.73. The summed E-state index contributed by atoms with van der Waals surface area (Å²) in [7, 11) is -3.22. The highest BCUT2D eigenvalue weighted by Gasteiger charge is 2.19. The third-order valence-corrected chi connectivity index (χ3v) is 6.36. The highest BCUT2D eigenvalue weighted by Crippen LogP contribution is 2.25. The van der Waals surface area contributed by atoms with Gasteiger partial charge < -0.3 is 5.32 Å². The van der Waals surface area contributed by atoms with E-state index in [0.29, 0.717) is 22.9 Å². The number of hydrogen-bond acceptors (Lipinski definition) is 4. The van der Waals surface area contributed by atoms with Crippen molar-refractivity contribution in [3.8, 4) is 0 Å². The molecule has 3 rings (SSSR count). The van der Waals surface area contributed by atoms with Crippen LogP contribution in [0.25, 0.3) is 0 Å². The minimum Gasteiger partial charge on any atom is -0.340 e. The molecular formula is C21H21ClN2O3S2. The average molecular weight is 449 g/mol. The molecule has 0 bridgehead atoms. The first kappa shape index (κ1) is 21.5. The van der Waals surface area contributed by atoms with Gasteiger partial charge in [-0.1, -0.05) is 54.1 Å². The Hall–Kier alpha value is -2.19. The predicted molar refractivity (Wildman–Crippen MR) is 118 cm³/mol. The van der Waals surface area contributed by atoms with Crippen LogP contribution in [0.1, 0.15) is 31.7 Å². The molecule has 0 saturated carbocycles. The third kappa shape index (κ3) is 6.40. The lowest BCUT2D eigenvalue weighted by Gasteiger charge is -2.19. The fraction of sp³-hybridized carbons (Fsp3) is 0.190. The molecule has 0 radical (unpaired) electrons. The molecule has 8 heteroatoms. The van der Waals surface area contributed by atoms with Gasteiger partial charge in [-0.3, -0.25) is 4.79 Å². The molecule has 0 aliphatic heterocycles. The van der Waals surface area contributed by atoms with Crippen molar-refractivity contribution < 1.29 is 13.2 Å². The maximum Gasteiger partial charge on any atom is 0.262 e. The van der Waals surface area contributed by atoms with Gasteiger partial charge >= 0.3 is 0 Å². The molecule has 1 atom stereocenters. The van der Waals surface area contributed by atoms with E-state index in [2.05, 4.69) is 10.0 Å². The second-order valence-corrected chi connectivity index (χ2v) is 9.99. The maximum absolute atomic E-state index is 12.9. The van der Waals surface area contributed by atoms with Crippen LogP contribution in [0.4, 0.5) is 0 Å². The predicted octanol–water partition coefficient (Wildman–Crippen LogP) is 4.01. The number of carbonyl (C=O) groups excluding carboxylic acids is 1. The van der Waals surface area contributed by atoms with Gasteiger partial charge in [0.15, 0.2) is 0 Å². The van der Waals surface area contributed by atoms with Crippen molar-refractivity contribution in [3.63, 3.8) is 0 Å². The van der Waals surface area contributed by atoms with Crippen LogP contribution in [0.5, 0.6) is 0 Å². The van der Waals surface area contributed by atoms with Gasteiger partial charge in [0.2, 0.25) is 10.0 Å². The van der Waals surface area contributed by atoms with Crippen molar-refractivity contribution >= 4 is 38.9 Å². The van der Waals surface area contributed by atoms with Gasteiger partial charge in [0.05, 0.1) is 17.2 Å². The molecule has 0 fully saturated rings. The molecule has 29 heavy (non-hydrogen) atoms. The Morgan fingerprint density at radius 2 is 1.66 bits per heavy atom. The van der Waals surface area contributed by atoms with Crippen molar-refractivity contribution in [1.29, 1.82) is 0 Å². The first-order chi connectivity index (χ1) is 13.8. The molecule has 5 nitrogen and oxygen atoms in total. The molecular weight excluding hydrogens is 428 g/mol. The van der Waals surface area contributed by atoms with E-state index in [1.54, 1.807) is 18.2 Å². The summed E-state index contributed by atoms with van der Waals surface area (Å²) in [5.41, 5.74) is 1.90. The van der Waals surface area contributed by atoms with Gasteiger partial charge in [-0.2, -0.15) is 0 Å². The van der Waals surface area contributed by atoms with Gasteiger partial charge in [-0.05, 0) is 41.8 Å². The third-order valence-electron chi connectivity index (χ3n) is 4.23. The zero-order valence-corrected chi connectivity index (χ0v) is 18.2. The number of sulfonamides is 1. The summed E-state index contributed by atoms with van der Waals surface area (Å²) in [6, 6.07) is 20.4. The number of rotatable bonds is 8. The van der Waals surface area contributed by atoms with Crippen molar-refractivity contribution in [2.45, 2.75) is 12.5 Å². The fourth-order valence-corrected chi connectivity index (χ4v) is 4.37. The van der Waals surface area contributed by atoms with E-state index in [0.717, 1.165) is 22.3 Å². The van der Waals surface area contributed by atoms with Crippen LogP contribution in [0.3, 0.4) is 0 Å². The quantitative estimate of drug-likeness (QED) is 0.546. The Bertz CT molecular complexity index is 1060. The lowest BCUT2D eigenvalue weighted by Crippen LogP contribution is -2.28. The lowest BCUT2D eigenvalue weighted by atomic mass is 9.98. The van der Waals surface area contributed by atoms with Gasteiger partial charge in [0.25, 0.3) is 5.91 Å². The summed E-state index contributed by atoms with van der Waals surface area (Å²) in [4.78, 5) is 14.4. The smallest absolute Gasteiger partial charge is 0.262 e. The van der Waals surface area contributed by atoms with Crippen molar-refractivity contribution in [3.05, 3.63) is 92.6 Å². The van der Waals surface area contributed by atoms with Crippen LogP contribution >= 0.6 is 22.9 Å². The molecule has 2 aromatic carbocycles. The number of amides is 1. The summed E-state index contributed by atoms with van der Waals surface area (Å²) < 4.78 is 24.8. The molecule has 0 spiro atoms. The van der Waals surface area contributed by atoms with E-state index in [1.807, 2.05) is 48.5 Å². The molecule has 1 heterocycles. The molecule has 0 aliphatic carbocycles. The second kappa shape index (κ2) is 9.54. The highest BCUT2D eigenvalue weighted by molar-refractivity contribution is 7.88. The average Bonchev–Trinajstić information content (AvgIpc) is 3.15. The van der Waals surface area contributed by atoms with Gasteiger partial charge in [-0.15, -0.1) is 11.3 Å². The van der Waals surface area contributed by atoms with Crippen LogP contribution in [0.15, 0.2) is 66.7 Å². The first-order valence-corrected chi connectivity index (χ1v) is 12.0. The number of halogens is 1. The second-order valence-electron chi connectivity index (χ2n) is 6.55. The number of hydrogen-bond donors (Lipinski definition) is 2. The van der Waals surface area contributed by atoms with Crippen LogP contribution < -0.4 is 10.0 Å². The van der Waals surface area contributed by atoms with E-state index < -0.39 is 10.0 Å². The molecule has 0 saturated heterocycles. The largest absolute Gasteiger partial charge is 0.340 e. The van der Waals surface area contributed by atoms with Crippen molar-refractivity contribution in [1.82, 2.24) is 10.0 Å². The Morgan fingerprint density at radius 3 is 2.31 bits per heavy atom. The number of thiophene rings is 1. The summed E-state index contributed by atoms with van der Waals surface area (Å²) >= 11 is 7.37. The van der Waals surface area contributed by atoms with E-state index >= 15 is 0 Å². The lowest BCUT2D eigenvalue weighted by molar-refractivity contribution is 0.0947. The molecule has 1 aromatic heterocycles. The van der Waals surface area contributed by atoms with E-state index in [4.69, 9.17) is 11.6 Å². The van der Waals surface area contributed by atoms with Crippen LogP contribution in [-0.4, -0.2) is 27.1 Å². The number of carbonyl (C=O) groups is 1. The van der Waals surface area contributed by atoms with Crippen LogP contribution in [-0.2, 0) is 16.4 Å². The van der Waals surface area contributed by atoms with Crippen molar-refractivity contribution in [2.75, 3.05) is 12.8 Å². The van der Waals surface area contributed by atoms with E-state index in [1.165, 1.54) is 11.3 Å². The molecule has 1 amide bonds. The highest BCUT2D eigenvalue weighted by atomic mass is 35.5. The molecule has 0 aliphatic rings. The molecule has 152 valence electrons. The zero-order chi connectivity index (χ0) is 20.9. The summed E-state index contributed by atoms with van der Waals surface area (Å²) in [6.07, 6.45) is 1.66. The van der Waals surface area contributed by atoms with E-state index in [-0.39, 0.29) is 11.9 Å². The fourth-order valence-electron chi connectivity index (χ4n) is 2.86. The number of nitrogens with one attached hydrogen (secondary N) is 2. The van der Waals surface area contributed by atoms with Gasteiger partial charge in [0, 0.05) is 16.4 Å². The Balaban J connectivity index is 1.74.